The molecule has 1 aromatic rings. The Kier molecular flexibility index (Phi) is 8.62. The topological polar surface area (TPSA) is 78.9 Å². The smallest absolute Gasteiger partial charge is 0.332 e. The standard InChI is InChI=1S/C13H18NO4P.C5H11N/c15-13(14-9-5-2-6-10-14)19(16,17)18-11-12-7-3-1-4-8-12;1-2-4-6-5-3-1/h1,3-4,7-8H,2,5-6,9-11H2,(H,16,17);6H,1-5H2. The van der Waals surface area contributed by atoms with Crippen LogP contribution in [0.15, 0.2) is 30.3 Å². The summed E-state index contributed by atoms with van der Waals surface area (Å²) in [5, 5.41) is 3.28. The van der Waals surface area contributed by atoms with E-state index in [0.717, 1.165) is 24.8 Å². The zero-order chi connectivity index (χ0) is 18.0. The lowest BCUT2D eigenvalue weighted by atomic mass is 10.1. The summed E-state index contributed by atoms with van der Waals surface area (Å²) in [6, 6.07) is 9.04. The zero-order valence-electron chi connectivity index (χ0n) is 14.7. The Morgan fingerprint density at radius 3 is 2.16 bits per heavy atom. The first kappa shape index (κ1) is 20.1. The molecule has 2 fully saturated rings. The SMILES string of the molecule is C1CCNCC1.O=C(N1CCCCC1)P(=O)(O)OCc1ccccc1. The third-order valence-corrected chi connectivity index (χ3v) is 5.57. The van der Waals surface area contributed by atoms with Gasteiger partial charge in [0.15, 0.2) is 0 Å². The van der Waals surface area contributed by atoms with Gasteiger partial charge in [0.25, 0.3) is 0 Å². The first-order chi connectivity index (χ1) is 12.1. The quantitative estimate of drug-likeness (QED) is 0.791. The van der Waals surface area contributed by atoms with E-state index in [0.29, 0.717) is 13.1 Å². The predicted molar refractivity (Wildman–Crippen MR) is 98.6 cm³/mol. The first-order valence-electron chi connectivity index (χ1n) is 9.11. The summed E-state index contributed by atoms with van der Waals surface area (Å²) in [5.41, 5.74) is -0.00801. The number of carbonyl (C=O) groups is 1. The summed E-state index contributed by atoms with van der Waals surface area (Å²) < 4.78 is 16.9. The Hall–Kier alpha value is -1.20. The lowest BCUT2D eigenvalue weighted by Gasteiger charge is -2.27. The molecule has 6 nitrogen and oxygen atoms in total. The van der Waals surface area contributed by atoms with Gasteiger partial charge in [-0.15, -0.1) is 0 Å². The van der Waals surface area contributed by atoms with E-state index in [4.69, 9.17) is 4.52 Å². The highest BCUT2D eigenvalue weighted by Gasteiger charge is 2.35. The van der Waals surface area contributed by atoms with Gasteiger partial charge in [-0.3, -0.25) is 9.32 Å². The maximum absolute atomic E-state index is 11.9. The van der Waals surface area contributed by atoms with Crippen LogP contribution in [0.4, 0.5) is 4.79 Å². The lowest BCUT2D eigenvalue weighted by molar-refractivity contribution is 0.187. The Balaban J connectivity index is 0.000000316. The van der Waals surface area contributed by atoms with Crippen molar-refractivity contribution in [3.05, 3.63) is 35.9 Å². The molecule has 0 spiro atoms. The number of likely N-dealkylation sites (tertiary alicyclic amines) is 1. The zero-order valence-corrected chi connectivity index (χ0v) is 15.6. The second-order valence-corrected chi connectivity index (χ2v) is 8.10. The number of hydrogen-bond donors (Lipinski definition) is 2. The molecular weight excluding hydrogens is 339 g/mol. The second-order valence-electron chi connectivity index (χ2n) is 6.42. The summed E-state index contributed by atoms with van der Waals surface area (Å²) in [7, 11) is -4.23. The van der Waals surface area contributed by atoms with Gasteiger partial charge in [0, 0.05) is 13.1 Å². The van der Waals surface area contributed by atoms with Crippen molar-refractivity contribution in [1.29, 1.82) is 0 Å². The molecule has 0 saturated carbocycles. The summed E-state index contributed by atoms with van der Waals surface area (Å²) in [6.07, 6.45) is 7.03. The van der Waals surface area contributed by atoms with Gasteiger partial charge in [-0.1, -0.05) is 36.8 Å². The van der Waals surface area contributed by atoms with Crippen LogP contribution in [-0.2, 0) is 15.7 Å². The Morgan fingerprint density at radius 1 is 1.04 bits per heavy atom. The number of nitrogens with one attached hydrogen (secondary N) is 1. The van der Waals surface area contributed by atoms with Crippen LogP contribution in [0.5, 0.6) is 0 Å². The van der Waals surface area contributed by atoms with E-state index in [-0.39, 0.29) is 6.61 Å². The fraction of sp³-hybridized carbons (Fsp3) is 0.611. The van der Waals surface area contributed by atoms with Crippen LogP contribution >= 0.6 is 7.60 Å². The van der Waals surface area contributed by atoms with Gasteiger partial charge in [0.2, 0.25) is 0 Å². The molecule has 3 rings (SSSR count). The highest BCUT2D eigenvalue weighted by molar-refractivity contribution is 7.70. The van der Waals surface area contributed by atoms with E-state index in [1.165, 1.54) is 37.3 Å². The van der Waals surface area contributed by atoms with Crippen LogP contribution in [0.3, 0.4) is 0 Å². The Labute approximate surface area is 150 Å². The molecule has 0 aromatic heterocycles. The monoisotopic (exact) mass is 368 g/mol. The van der Waals surface area contributed by atoms with Gasteiger partial charge in [-0.05, 0) is 50.8 Å². The molecule has 2 aliphatic heterocycles. The molecule has 7 heteroatoms. The number of amides is 1. The van der Waals surface area contributed by atoms with Gasteiger partial charge < -0.3 is 15.1 Å². The molecule has 2 N–H and O–H groups in total. The van der Waals surface area contributed by atoms with Gasteiger partial charge >= 0.3 is 13.2 Å². The van der Waals surface area contributed by atoms with Crippen LogP contribution in [-0.4, -0.2) is 41.6 Å². The highest BCUT2D eigenvalue weighted by atomic mass is 31.2. The minimum absolute atomic E-state index is 0.0335. The molecule has 1 aromatic carbocycles. The normalized spacial score (nSPS) is 20.1. The molecule has 140 valence electrons. The maximum Gasteiger partial charge on any atom is 0.416 e. The molecule has 25 heavy (non-hydrogen) atoms. The number of piperidine rings is 2. The molecule has 2 aliphatic rings. The van der Waals surface area contributed by atoms with Crippen molar-refractivity contribution < 1.29 is 18.8 Å². The minimum Gasteiger partial charge on any atom is -0.332 e. The minimum atomic E-state index is -4.23. The molecule has 1 atom stereocenters. The number of benzene rings is 1. The average molecular weight is 368 g/mol. The fourth-order valence-electron chi connectivity index (χ4n) is 2.86. The van der Waals surface area contributed by atoms with E-state index in [1.807, 2.05) is 18.2 Å². The van der Waals surface area contributed by atoms with Crippen LogP contribution in [0.25, 0.3) is 0 Å². The number of nitrogens with zero attached hydrogens (tertiary/aromatic N) is 1. The van der Waals surface area contributed by atoms with Crippen molar-refractivity contribution in [1.82, 2.24) is 10.2 Å². The van der Waals surface area contributed by atoms with Crippen LogP contribution in [0.1, 0.15) is 44.1 Å². The van der Waals surface area contributed by atoms with Gasteiger partial charge in [0.05, 0.1) is 6.61 Å². The second kappa shape index (κ2) is 10.7. The Bertz CT molecular complexity index is 546. The third-order valence-electron chi connectivity index (χ3n) is 4.32. The molecule has 1 unspecified atom stereocenters. The lowest BCUT2D eigenvalue weighted by Crippen LogP contribution is -2.34. The molecule has 1 amide bonds. The number of carbonyl (C=O) groups excluding carboxylic acids is 1. The van der Waals surface area contributed by atoms with Crippen LogP contribution in [0.2, 0.25) is 0 Å². The predicted octanol–water partition coefficient (Wildman–Crippen LogP) is 3.75. The third kappa shape index (κ3) is 7.28. The Morgan fingerprint density at radius 2 is 1.64 bits per heavy atom. The first-order valence-corrected chi connectivity index (χ1v) is 10.7. The summed E-state index contributed by atoms with van der Waals surface area (Å²) in [6.45, 7) is 3.55. The largest absolute Gasteiger partial charge is 0.416 e. The molecule has 0 aliphatic carbocycles. The summed E-state index contributed by atoms with van der Waals surface area (Å²) in [5.74, 6) is 0. The van der Waals surface area contributed by atoms with Crippen molar-refractivity contribution in [2.75, 3.05) is 26.2 Å². The highest BCUT2D eigenvalue weighted by Crippen LogP contribution is 2.46. The van der Waals surface area contributed by atoms with Crippen LogP contribution < -0.4 is 5.32 Å². The summed E-state index contributed by atoms with van der Waals surface area (Å²) in [4.78, 5) is 23.1. The van der Waals surface area contributed by atoms with E-state index < -0.39 is 13.2 Å². The van der Waals surface area contributed by atoms with E-state index in [2.05, 4.69) is 5.32 Å². The van der Waals surface area contributed by atoms with Crippen molar-refractivity contribution in [3.63, 3.8) is 0 Å². The van der Waals surface area contributed by atoms with Crippen molar-refractivity contribution in [2.24, 2.45) is 0 Å². The molecule has 0 bridgehead atoms. The van der Waals surface area contributed by atoms with Gasteiger partial charge in [-0.25, -0.2) is 4.57 Å². The number of rotatable bonds is 4. The van der Waals surface area contributed by atoms with Gasteiger partial charge in [0.1, 0.15) is 0 Å². The molecule has 0 radical (unpaired) electrons. The number of hydrogen-bond acceptors (Lipinski definition) is 4. The molecule has 2 saturated heterocycles. The van der Waals surface area contributed by atoms with Crippen LogP contribution in [0, 0.1) is 0 Å². The molecule has 2 heterocycles. The van der Waals surface area contributed by atoms with E-state index in [9.17, 15) is 14.3 Å². The van der Waals surface area contributed by atoms with E-state index >= 15 is 0 Å². The van der Waals surface area contributed by atoms with Crippen molar-refractivity contribution >= 4 is 13.2 Å². The fourth-order valence-corrected chi connectivity index (χ4v) is 3.85. The average Bonchev–Trinajstić information content (AvgIpc) is 2.69. The van der Waals surface area contributed by atoms with Gasteiger partial charge in [-0.2, -0.15) is 0 Å². The van der Waals surface area contributed by atoms with Crippen molar-refractivity contribution in [3.8, 4) is 0 Å². The maximum atomic E-state index is 11.9. The van der Waals surface area contributed by atoms with Crippen molar-refractivity contribution in [2.45, 2.75) is 45.1 Å². The summed E-state index contributed by atoms with van der Waals surface area (Å²) >= 11 is 0. The molecular formula is C18H29N2O4P. The van der Waals surface area contributed by atoms with E-state index in [1.54, 1.807) is 12.1 Å².